The van der Waals surface area contributed by atoms with Crippen LogP contribution in [0.1, 0.15) is 66.6 Å². The SMILES string of the molecule is C1=CCCC(C2=NC(C3=CCC4C=CC=CC4=C3n3c4c(c5c3=CC3=CC=CCC3C=5)C=C(n3c5c(c6ccccc63)C=CCC5)CC4)NC(c3ccccc3)=N2)=C1. The van der Waals surface area contributed by atoms with Gasteiger partial charge >= 0.3 is 0 Å². The van der Waals surface area contributed by atoms with Crippen LogP contribution in [0.4, 0.5) is 0 Å². The first-order valence-corrected chi connectivity index (χ1v) is 21.2. The summed E-state index contributed by atoms with van der Waals surface area (Å²) < 4.78 is 5.28. The van der Waals surface area contributed by atoms with Crippen molar-refractivity contribution >= 4 is 58.3 Å². The lowest BCUT2D eigenvalue weighted by Crippen LogP contribution is -2.43. The molecule has 0 saturated carbocycles. The third-order valence-electron chi connectivity index (χ3n) is 13.2. The third kappa shape index (κ3) is 5.36. The van der Waals surface area contributed by atoms with Crippen molar-refractivity contribution in [2.24, 2.45) is 21.8 Å². The molecule has 0 spiro atoms. The summed E-state index contributed by atoms with van der Waals surface area (Å²) in [5, 5.41) is 7.88. The highest BCUT2D eigenvalue weighted by atomic mass is 15.2. The van der Waals surface area contributed by atoms with Crippen molar-refractivity contribution < 1.29 is 0 Å². The van der Waals surface area contributed by atoms with Gasteiger partial charge in [-0.1, -0.05) is 134 Å². The topological polar surface area (TPSA) is 46.6 Å². The Hall–Kier alpha value is -6.46. The Morgan fingerprint density at radius 2 is 1.59 bits per heavy atom. The van der Waals surface area contributed by atoms with Gasteiger partial charge in [-0.05, 0) is 86.3 Å². The highest BCUT2D eigenvalue weighted by Gasteiger charge is 2.35. The van der Waals surface area contributed by atoms with Crippen molar-refractivity contribution in [2.45, 2.75) is 57.5 Å². The predicted octanol–water partition coefficient (Wildman–Crippen LogP) is 9.76. The summed E-state index contributed by atoms with van der Waals surface area (Å²) in [6.45, 7) is 0. The Morgan fingerprint density at radius 3 is 2.52 bits per heavy atom. The zero-order valence-electron chi connectivity index (χ0n) is 32.6. The van der Waals surface area contributed by atoms with Gasteiger partial charge in [-0.25, -0.2) is 9.98 Å². The van der Waals surface area contributed by atoms with E-state index in [1.165, 1.54) is 77.7 Å². The van der Waals surface area contributed by atoms with Crippen LogP contribution in [0.25, 0.3) is 46.6 Å². The van der Waals surface area contributed by atoms with Crippen molar-refractivity contribution in [2.75, 3.05) is 0 Å². The summed E-state index contributed by atoms with van der Waals surface area (Å²) in [6, 6.07) is 19.6. The van der Waals surface area contributed by atoms with Gasteiger partial charge in [-0.15, -0.1) is 0 Å². The van der Waals surface area contributed by atoms with E-state index in [1.54, 1.807) is 0 Å². The molecule has 7 aliphatic carbocycles. The summed E-state index contributed by atoms with van der Waals surface area (Å²) >= 11 is 0. The number of rotatable bonds is 5. The van der Waals surface area contributed by atoms with Crippen LogP contribution in [0.5, 0.6) is 0 Å². The molecule has 12 rings (SSSR count). The third-order valence-corrected chi connectivity index (χ3v) is 13.2. The standard InChI is InChI=1S/C53H45N5/c1-3-16-35(17-4-1)51-54-52(36-18-5-2-6-19-36)56-53(55-51)43-29-27-34-15-9-10-22-40(34)50(43)58-48-30-28-39(33-45(48)44-31-37-20-7-8-21-38(37)32-49(44)58)57-46-25-13-11-23-41(46)42-24-12-14-26-47(42)57/h1-5,7-13,15-18,21-25,29,31-34,37,53H,6,14,19-20,26-28,30H2,(H,54,55,56). The summed E-state index contributed by atoms with van der Waals surface area (Å²) in [5.41, 5.74) is 15.8. The summed E-state index contributed by atoms with van der Waals surface area (Å²) in [6.07, 6.45) is 45.2. The Bertz CT molecular complexity index is 2970. The van der Waals surface area contributed by atoms with E-state index in [1.807, 2.05) is 0 Å². The second kappa shape index (κ2) is 13.6. The van der Waals surface area contributed by atoms with Crippen molar-refractivity contribution in [3.05, 3.63) is 188 Å². The molecule has 5 nitrogen and oxygen atoms in total. The first-order valence-electron chi connectivity index (χ1n) is 21.2. The molecule has 2 aromatic heterocycles. The maximum Gasteiger partial charge on any atom is 0.155 e. The molecule has 0 amide bonds. The lowest BCUT2D eigenvalue weighted by molar-refractivity contribution is 0.682. The highest BCUT2D eigenvalue weighted by Crippen LogP contribution is 2.42. The van der Waals surface area contributed by atoms with Crippen molar-refractivity contribution in [1.82, 2.24) is 14.5 Å². The molecule has 1 aliphatic heterocycles. The second-order valence-corrected chi connectivity index (χ2v) is 16.6. The molecule has 0 saturated heterocycles. The van der Waals surface area contributed by atoms with Crippen molar-refractivity contribution in [3.63, 3.8) is 0 Å². The van der Waals surface area contributed by atoms with E-state index >= 15 is 0 Å². The molecule has 0 radical (unpaired) electrons. The monoisotopic (exact) mass is 751 g/mol. The fraction of sp³-hybridized carbons (Fsp3) is 0.208. The van der Waals surface area contributed by atoms with Gasteiger partial charge in [0.05, 0.1) is 16.6 Å². The van der Waals surface area contributed by atoms with E-state index in [4.69, 9.17) is 9.98 Å². The number of nitrogens with zero attached hydrogens (tertiary/aromatic N) is 4. The van der Waals surface area contributed by atoms with Gasteiger partial charge in [0, 0.05) is 61.8 Å². The number of aliphatic imine (C=N–C) groups is 2. The minimum Gasteiger partial charge on any atom is -0.344 e. The summed E-state index contributed by atoms with van der Waals surface area (Å²) in [4.78, 5) is 10.7. The highest BCUT2D eigenvalue weighted by molar-refractivity contribution is 6.13. The Balaban J connectivity index is 1.08. The van der Waals surface area contributed by atoms with Gasteiger partial charge in [0.25, 0.3) is 0 Å². The van der Waals surface area contributed by atoms with Crippen LogP contribution in [-0.4, -0.2) is 27.0 Å². The van der Waals surface area contributed by atoms with Crippen LogP contribution in [0.15, 0.2) is 160 Å². The van der Waals surface area contributed by atoms with Gasteiger partial charge in [-0.2, -0.15) is 0 Å². The van der Waals surface area contributed by atoms with E-state index in [0.717, 1.165) is 68.6 Å². The van der Waals surface area contributed by atoms with E-state index in [2.05, 4.69) is 166 Å². The van der Waals surface area contributed by atoms with E-state index in [-0.39, 0.29) is 6.17 Å². The quantitative estimate of drug-likeness (QED) is 0.217. The van der Waals surface area contributed by atoms with Crippen LogP contribution in [0.3, 0.4) is 0 Å². The fourth-order valence-corrected chi connectivity index (χ4v) is 10.5. The average molecular weight is 752 g/mol. The Labute approximate surface area is 339 Å². The first kappa shape index (κ1) is 33.7. The molecule has 0 bridgehead atoms. The minimum absolute atomic E-state index is 0.301. The van der Waals surface area contributed by atoms with Crippen molar-refractivity contribution in [3.8, 4) is 0 Å². The van der Waals surface area contributed by atoms with Gasteiger partial charge in [0.2, 0.25) is 0 Å². The second-order valence-electron chi connectivity index (χ2n) is 16.6. The molecule has 3 heterocycles. The van der Waals surface area contributed by atoms with Crippen molar-refractivity contribution in [1.29, 1.82) is 0 Å². The molecule has 0 fully saturated rings. The number of fused-ring (bicyclic) bond motifs is 8. The van der Waals surface area contributed by atoms with E-state index < -0.39 is 0 Å². The smallest absolute Gasteiger partial charge is 0.155 e. The molecule has 3 atom stereocenters. The largest absolute Gasteiger partial charge is 0.344 e. The van der Waals surface area contributed by atoms with Gasteiger partial charge in [-0.3, -0.25) is 0 Å². The maximum atomic E-state index is 5.51. The fourth-order valence-electron chi connectivity index (χ4n) is 10.5. The van der Waals surface area contributed by atoms with Gasteiger partial charge in [0.15, 0.2) is 5.84 Å². The molecule has 5 heteroatoms. The molecule has 1 N–H and O–H groups in total. The maximum absolute atomic E-state index is 5.51. The summed E-state index contributed by atoms with van der Waals surface area (Å²) in [5.74, 6) is 2.39. The molecule has 282 valence electrons. The number of allylic oxidation sites excluding steroid dienone is 15. The summed E-state index contributed by atoms with van der Waals surface area (Å²) in [7, 11) is 0. The Kier molecular flexibility index (Phi) is 7.89. The molecular weight excluding hydrogens is 707 g/mol. The molecule has 58 heavy (non-hydrogen) atoms. The number of nitrogens with one attached hydrogen (secondary N) is 1. The van der Waals surface area contributed by atoms with Crippen LogP contribution in [-0.2, 0) is 12.8 Å². The van der Waals surface area contributed by atoms with Crippen LogP contribution >= 0.6 is 0 Å². The number of hydrogen-bond acceptors (Lipinski definition) is 3. The predicted molar refractivity (Wildman–Crippen MR) is 241 cm³/mol. The molecule has 3 unspecified atom stereocenters. The number of amidine groups is 2. The Morgan fingerprint density at radius 1 is 0.707 bits per heavy atom. The average Bonchev–Trinajstić information content (AvgIpc) is 3.80. The van der Waals surface area contributed by atoms with E-state index in [0.29, 0.717) is 11.8 Å². The molecule has 2 aromatic carbocycles. The number of benzene rings is 2. The number of hydrogen-bond donors (Lipinski definition) is 1. The van der Waals surface area contributed by atoms with Crippen LogP contribution in [0, 0.1) is 11.8 Å². The normalized spacial score (nSPS) is 23.8. The molecule has 8 aliphatic rings. The van der Waals surface area contributed by atoms with Crippen LogP contribution < -0.4 is 15.9 Å². The van der Waals surface area contributed by atoms with Gasteiger partial charge in [0.1, 0.15) is 12.0 Å². The lowest BCUT2D eigenvalue weighted by atomic mass is 9.82. The zero-order chi connectivity index (χ0) is 38.2. The lowest BCUT2D eigenvalue weighted by Gasteiger charge is -2.34. The molecular formula is C53H45N5. The number of para-hydroxylation sites is 1. The molecule has 4 aromatic rings. The first-order chi connectivity index (χ1) is 28.8. The zero-order valence-corrected chi connectivity index (χ0v) is 32.6. The van der Waals surface area contributed by atoms with Gasteiger partial charge < -0.3 is 14.5 Å². The van der Waals surface area contributed by atoms with E-state index in [9.17, 15) is 0 Å². The van der Waals surface area contributed by atoms with Crippen LogP contribution in [0.2, 0.25) is 0 Å². The number of aromatic nitrogens is 2. The minimum atomic E-state index is -0.302.